The normalized spacial score (nSPS) is 15.2. The molecule has 3 aromatic rings. The zero-order valence-electron chi connectivity index (χ0n) is 21.2. The summed E-state index contributed by atoms with van der Waals surface area (Å²) in [5.41, 5.74) is 1.05. The molecular formula is C27H26F2N2O6S. The molecule has 2 heterocycles. The fraction of sp³-hybridized carbons (Fsp3) is 0.296. The molecule has 0 amide bonds. The number of halogens is 2. The van der Waals surface area contributed by atoms with E-state index < -0.39 is 24.2 Å². The third-order valence-corrected chi connectivity index (χ3v) is 6.72. The second-order valence-corrected chi connectivity index (χ2v) is 9.07. The molecule has 0 saturated carbocycles. The van der Waals surface area contributed by atoms with Crippen molar-refractivity contribution in [1.29, 1.82) is 0 Å². The molecule has 11 heteroatoms. The number of para-hydroxylation sites is 1. The number of carbonyl (C=O) groups excluding carboxylic acids is 1. The number of thiazole rings is 1. The van der Waals surface area contributed by atoms with Gasteiger partial charge in [0.25, 0.3) is 5.56 Å². The van der Waals surface area contributed by atoms with Crippen LogP contribution in [0.25, 0.3) is 6.08 Å². The van der Waals surface area contributed by atoms with Crippen LogP contribution in [0.4, 0.5) is 8.78 Å². The van der Waals surface area contributed by atoms with E-state index in [4.69, 9.17) is 14.2 Å². The maximum absolute atomic E-state index is 13.8. The Kier molecular flexibility index (Phi) is 8.26. The van der Waals surface area contributed by atoms with E-state index in [9.17, 15) is 18.4 Å². The molecule has 0 radical (unpaired) electrons. The van der Waals surface area contributed by atoms with Crippen molar-refractivity contribution in [2.24, 2.45) is 4.99 Å². The number of carbonyl (C=O) groups is 1. The highest BCUT2D eigenvalue weighted by molar-refractivity contribution is 7.07. The van der Waals surface area contributed by atoms with Crippen LogP contribution in [-0.4, -0.2) is 37.5 Å². The first-order valence-corrected chi connectivity index (χ1v) is 12.6. The first-order chi connectivity index (χ1) is 18.3. The molecule has 1 aromatic heterocycles. The molecule has 0 aliphatic carbocycles. The van der Waals surface area contributed by atoms with Gasteiger partial charge in [-0.2, -0.15) is 8.78 Å². The number of hydrogen-bond acceptors (Lipinski definition) is 8. The minimum atomic E-state index is -3.02. The lowest BCUT2D eigenvalue weighted by molar-refractivity contribution is -0.139. The van der Waals surface area contributed by atoms with E-state index >= 15 is 0 Å². The molecule has 1 aliphatic heterocycles. The molecule has 38 heavy (non-hydrogen) atoms. The number of alkyl halides is 2. The van der Waals surface area contributed by atoms with Gasteiger partial charge in [0.2, 0.25) is 0 Å². The number of methoxy groups -OCH3 is 1. The summed E-state index contributed by atoms with van der Waals surface area (Å²) in [7, 11) is 1.52. The van der Waals surface area contributed by atoms with Gasteiger partial charge in [-0.1, -0.05) is 35.6 Å². The van der Waals surface area contributed by atoms with Crippen molar-refractivity contribution < 1.29 is 32.5 Å². The zero-order chi connectivity index (χ0) is 27.4. The SMILES string of the molecule is CCOC(=O)C1=C(C)N=c2s/c(=C/c3ccccc3OC(F)F)c(=O)n2[C@@H]1c1ccc(OC)c(OCC)c1. The molecule has 4 rings (SSSR count). The van der Waals surface area contributed by atoms with E-state index in [-0.39, 0.29) is 22.5 Å². The molecule has 2 aromatic carbocycles. The van der Waals surface area contributed by atoms with Gasteiger partial charge in [0.1, 0.15) is 5.75 Å². The van der Waals surface area contributed by atoms with Crippen LogP contribution < -0.4 is 29.1 Å². The summed E-state index contributed by atoms with van der Waals surface area (Å²) < 4.78 is 48.5. The van der Waals surface area contributed by atoms with Gasteiger partial charge in [-0.15, -0.1) is 0 Å². The van der Waals surface area contributed by atoms with Gasteiger partial charge >= 0.3 is 12.6 Å². The van der Waals surface area contributed by atoms with Gasteiger partial charge < -0.3 is 18.9 Å². The molecule has 1 atom stereocenters. The average Bonchev–Trinajstić information content (AvgIpc) is 3.18. The number of nitrogens with zero attached hydrogens (tertiary/aromatic N) is 2. The Labute approximate surface area is 221 Å². The molecule has 1 aliphatic rings. The van der Waals surface area contributed by atoms with Crippen molar-refractivity contribution in [2.45, 2.75) is 33.4 Å². The number of rotatable bonds is 9. The largest absolute Gasteiger partial charge is 0.493 e. The molecule has 200 valence electrons. The third-order valence-electron chi connectivity index (χ3n) is 5.74. The number of esters is 1. The van der Waals surface area contributed by atoms with Crippen LogP contribution in [-0.2, 0) is 9.53 Å². The second-order valence-electron chi connectivity index (χ2n) is 8.06. The number of allylic oxidation sites excluding steroid dienone is 1. The molecule has 0 bridgehead atoms. The number of fused-ring (bicyclic) bond motifs is 1. The van der Waals surface area contributed by atoms with Crippen molar-refractivity contribution >= 4 is 23.4 Å². The molecule has 0 spiro atoms. The average molecular weight is 545 g/mol. The van der Waals surface area contributed by atoms with Crippen LogP contribution in [0.1, 0.15) is 37.9 Å². The Balaban J connectivity index is 1.95. The van der Waals surface area contributed by atoms with E-state index in [1.165, 1.54) is 23.8 Å². The second kappa shape index (κ2) is 11.6. The van der Waals surface area contributed by atoms with Crippen molar-refractivity contribution in [3.8, 4) is 17.2 Å². The summed E-state index contributed by atoms with van der Waals surface area (Å²) in [6, 6.07) is 10.5. The third kappa shape index (κ3) is 5.33. The highest BCUT2D eigenvalue weighted by Gasteiger charge is 2.34. The quantitative estimate of drug-likeness (QED) is 0.381. The lowest BCUT2D eigenvalue weighted by Gasteiger charge is -2.25. The van der Waals surface area contributed by atoms with Crippen molar-refractivity contribution in [2.75, 3.05) is 20.3 Å². The fourth-order valence-electron chi connectivity index (χ4n) is 4.18. The van der Waals surface area contributed by atoms with E-state index in [1.54, 1.807) is 50.2 Å². The summed E-state index contributed by atoms with van der Waals surface area (Å²) in [4.78, 5) is 31.7. The first-order valence-electron chi connectivity index (χ1n) is 11.8. The lowest BCUT2D eigenvalue weighted by Crippen LogP contribution is -2.40. The molecule has 8 nitrogen and oxygen atoms in total. The lowest BCUT2D eigenvalue weighted by atomic mass is 9.95. The smallest absolute Gasteiger partial charge is 0.387 e. The fourth-order valence-corrected chi connectivity index (χ4v) is 5.22. The van der Waals surface area contributed by atoms with Gasteiger partial charge in [-0.25, -0.2) is 9.79 Å². The maximum atomic E-state index is 13.8. The van der Waals surface area contributed by atoms with E-state index in [0.29, 0.717) is 39.7 Å². The van der Waals surface area contributed by atoms with E-state index in [0.717, 1.165) is 11.3 Å². The summed E-state index contributed by atoms with van der Waals surface area (Å²) in [6.07, 6.45) is 1.47. The summed E-state index contributed by atoms with van der Waals surface area (Å²) in [5.74, 6) is 0.282. The van der Waals surface area contributed by atoms with Crippen molar-refractivity contribution in [3.05, 3.63) is 84.5 Å². The number of hydrogen-bond donors (Lipinski definition) is 0. The maximum Gasteiger partial charge on any atom is 0.387 e. The highest BCUT2D eigenvalue weighted by Crippen LogP contribution is 2.36. The Morgan fingerprint density at radius 3 is 2.58 bits per heavy atom. The van der Waals surface area contributed by atoms with E-state index in [1.807, 2.05) is 6.92 Å². The van der Waals surface area contributed by atoms with Crippen LogP contribution in [0.5, 0.6) is 17.2 Å². The summed E-state index contributed by atoms with van der Waals surface area (Å²) in [6.45, 7) is 2.70. The van der Waals surface area contributed by atoms with E-state index in [2.05, 4.69) is 9.73 Å². The van der Waals surface area contributed by atoms with Gasteiger partial charge in [0, 0.05) is 5.56 Å². The van der Waals surface area contributed by atoms with Crippen LogP contribution in [0.2, 0.25) is 0 Å². The Bertz CT molecular complexity index is 1560. The Morgan fingerprint density at radius 2 is 1.89 bits per heavy atom. The predicted octanol–water partition coefficient (Wildman–Crippen LogP) is 3.81. The summed E-state index contributed by atoms with van der Waals surface area (Å²) in [5, 5.41) is 0. The first kappa shape index (κ1) is 27.1. The number of aromatic nitrogens is 1. The standard InChI is InChI=1S/C27H26F2N2O6S/c1-5-35-20-13-17(11-12-19(20)34-4)23-22(25(33)36-6-2)15(3)30-27-31(23)24(32)21(38-27)14-16-9-7-8-10-18(16)37-26(28)29/h7-14,23,26H,5-6H2,1-4H3/b21-14+/t23-/m1/s1. The van der Waals surface area contributed by atoms with Crippen molar-refractivity contribution in [1.82, 2.24) is 4.57 Å². The minimum absolute atomic E-state index is 0.0650. The molecular weight excluding hydrogens is 518 g/mol. The molecule has 0 unspecified atom stereocenters. The van der Waals surface area contributed by atoms with Crippen molar-refractivity contribution in [3.63, 3.8) is 0 Å². The summed E-state index contributed by atoms with van der Waals surface area (Å²) >= 11 is 1.08. The Morgan fingerprint density at radius 1 is 1.13 bits per heavy atom. The predicted molar refractivity (Wildman–Crippen MR) is 138 cm³/mol. The zero-order valence-corrected chi connectivity index (χ0v) is 22.0. The monoisotopic (exact) mass is 544 g/mol. The van der Waals surface area contributed by atoms with Gasteiger partial charge in [-0.3, -0.25) is 9.36 Å². The van der Waals surface area contributed by atoms with Crippen LogP contribution in [0.15, 0.2) is 63.5 Å². The van der Waals surface area contributed by atoms with Crippen LogP contribution in [0.3, 0.4) is 0 Å². The number of benzene rings is 2. The molecule has 0 fully saturated rings. The topological polar surface area (TPSA) is 88.4 Å². The Hall–Kier alpha value is -3.99. The van der Waals surface area contributed by atoms with Gasteiger partial charge in [0.05, 0.1) is 42.2 Å². The minimum Gasteiger partial charge on any atom is -0.493 e. The van der Waals surface area contributed by atoms with Crippen LogP contribution >= 0.6 is 11.3 Å². The highest BCUT2D eigenvalue weighted by atomic mass is 32.1. The van der Waals surface area contributed by atoms with Gasteiger partial charge in [-0.05, 0) is 50.6 Å². The van der Waals surface area contributed by atoms with Gasteiger partial charge in [0.15, 0.2) is 16.3 Å². The molecule has 0 saturated heterocycles. The van der Waals surface area contributed by atoms with Crippen LogP contribution in [0, 0.1) is 0 Å². The number of ether oxygens (including phenoxy) is 4. The molecule has 0 N–H and O–H groups in total.